The SMILES string of the molecule is NCCc1cn(O)c2ccc(O)cc12. The molecular formula is C10H12N2O2. The molecule has 0 spiro atoms. The van der Waals surface area contributed by atoms with Crippen LogP contribution in [0.25, 0.3) is 10.9 Å². The largest absolute Gasteiger partial charge is 0.508 e. The molecule has 0 fully saturated rings. The lowest BCUT2D eigenvalue weighted by molar-refractivity contribution is 0.199. The number of nitrogens with zero attached hydrogens (tertiary/aromatic N) is 1. The Bertz CT molecular complexity index is 462. The normalized spacial score (nSPS) is 10.9. The van der Waals surface area contributed by atoms with Gasteiger partial charge >= 0.3 is 0 Å². The van der Waals surface area contributed by atoms with Crippen LogP contribution in [0.2, 0.25) is 0 Å². The van der Waals surface area contributed by atoms with E-state index in [-0.39, 0.29) is 5.75 Å². The lowest BCUT2D eigenvalue weighted by Gasteiger charge is -1.96. The van der Waals surface area contributed by atoms with Crippen LogP contribution >= 0.6 is 0 Å². The van der Waals surface area contributed by atoms with E-state index in [1.54, 1.807) is 24.4 Å². The Labute approximate surface area is 81.1 Å². The summed E-state index contributed by atoms with van der Waals surface area (Å²) in [4.78, 5) is 0. The van der Waals surface area contributed by atoms with Crippen LogP contribution in [0, 0.1) is 0 Å². The van der Waals surface area contributed by atoms with Crippen molar-refractivity contribution in [2.45, 2.75) is 6.42 Å². The zero-order valence-electron chi connectivity index (χ0n) is 7.64. The second-order valence-electron chi connectivity index (χ2n) is 3.24. The molecule has 0 aliphatic heterocycles. The molecular weight excluding hydrogens is 180 g/mol. The predicted molar refractivity (Wildman–Crippen MR) is 53.5 cm³/mol. The van der Waals surface area contributed by atoms with Crippen molar-refractivity contribution < 1.29 is 10.3 Å². The minimum atomic E-state index is 0.196. The Morgan fingerprint density at radius 3 is 2.86 bits per heavy atom. The van der Waals surface area contributed by atoms with Crippen molar-refractivity contribution in [2.24, 2.45) is 5.73 Å². The minimum absolute atomic E-state index is 0.196. The van der Waals surface area contributed by atoms with Crippen molar-refractivity contribution >= 4 is 10.9 Å². The van der Waals surface area contributed by atoms with Gasteiger partial charge in [0.05, 0.1) is 5.52 Å². The van der Waals surface area contributed by atoms with Crippen LogP contribution < -0.4 is 5.73 Å². The van der Waals surface area contributed by atoms with Crippen molar-refractivity contribution in [1.82, 2.24) is 4.73 Å². The van der Waals surface area contributed by atoms with E-state index >= 15 is 0 Å². The number of rotatable bonds is 2. The standard InChI is InChI=1S/C10H12N2O2/c11-4-3-7-6-12(14)10-2-1-8(13)5-9(7)10/h1-2,5-6,13-14H,3-4,11H2. The summed E-state index contributed by atoms with van der Waals surface area (Å²) in [5.74, 6) is 0.196. The molecule has 4 heteroatoms. The van der Waals surface area contributed by atoms with Crippen molar-refractivity contribution in [1.29, 1.82) is 0 Å². The molecule has 0 radical (unpaired) electrons. The lowest BCUT2D eigenvalue weighted by Crippen LogP contribution is -2.01. The van der Waals surface area contributed by atoms with Gasteiger partial charge in [-0.25, -0.2) is 0 Å². The van der Waals surface area contributed by atoms with Crippen LogP contribution in [-0.4, -0.2) is 21.6 Å². The van der Waals surface area contributed by atoms with Crippen molar-refractivity contribution in [3.63, 3.8) is 0 Å². The first-order valence-corrected chi connectivity index (χ1v) is 4.44. The number of phenols is 1. The summed E-state index contributed by atoms with van der Waals surface area (Å²) >= 11 is 0. The van der Waals surface area contributed by atoms with Crippen LogP contribution in [0.15, 0.2) is 24.4 Å². The van der Waals surface area contributed by atoms with E-state index in [0.29, 0.717) is 18.5 Å². The Kier molecular flexibility index (Phi) is 2.05. The molecule has 4 nitrogen and oxygen atoms in total. The zero-order valence-corrected chi connectivity index (χ0v) is 7.64. The molecule has 0 bridgehead atoms. The highest BCUT2D eigenvalue weighted by molar-refractivity contribution is 5.85. The molecule has 14 heavy (non-hydrogen) atoms. The van der Waals surface area contributed by atoms with Crippen LogP contribution in [0.5, 0.6) is 5.75 Å². The predicted octanol–water partition coefficient (Wildman–Crippen LogP) is 1.09. The van der Waals surface area contributed by atoms with Crippen LogP contribution in [0.4, 0.5) is 0 Å². The monoisotopic (exact) mass is 192 g/mol. The highest BCUT2D eigenvalue weighted by atomic mass is 16.5. The number of fused-ring (bicyclic) bond motifs is 1. The number of hydrogen-bond acceptors (Lipinski definition) is 3. The van der Waals surface area contributed by atoms with Gasteiger partial charge in [0.1, 0.15) is 5.75 Å². The van der Waals surface area contributed by atoms with E-state index < -0.39 is 0 Å². The van der Waals surface area contributed by atoms with E-state index in [0.717, 1.165) is 15.7 Å². The first kappa shape index (κ1) is 8.90. The average Bonchev–Trinajstić information content (AvgIpc) is 2.44. The first-order chi connectivity index (χ1) is 6.72. The van der Waals surface area contributed by atoms with Gasteiger partial charge in [0, 0.05) is 11.6 Å². The highest BCUT2D eigenvalue weighted by Gasteiger charge is 2.07. The molecule has 0 saturated carbocycles. The van der Waals surface area contributed by atoms with Gasteiger partial charge < -0.3 is 16.0 Å². The fraction of sp³-hybridized carbons (Fsp3) is 0.200. The Morgan fingerprint density at radius 2 is 2.14 bits per heavy atom. The van der Waals surface area contributed by atoms with Crippen LogP contribution in [0.1, 0.15) is 5.56 Å². The zero-order chi connectivity index (χ0) is 10.1. The molecule has 1 aromatic heterocycles. The summed E-state index contributed by atoms with van der Waals surface area (Å²) in [6.07, 6.45) is 2.31. The molecule has 0 aliphatic rings. The van der Waals surface area contributed by atoms with Gasteiger partial charge in [-0.2, -0.15) is 4.73 Å². The molecule has 2 aromatic rings. The van der Waals surface area contributed by atoms with Crippen molar-refractivity contribution in [3.8, 4) is 5.75 Å². The number of aromatic nitrogens is 1. The number of hydrogen-bond donors (Lipinski definition) is 3. The van der Waals surface area contributed by atoms with E-state index in [9.17, 15) is 10.3 Å². The van der Waals surface area contributed by atoms with E-state index in [1.807, 2.05) is 0 Å². The quantitative estimate of drug-likeness (QED) is 0.623. The Balaban J connectivity index is 2.66. The summed E-state index contributed by atoms with van der Waals surface area (Å²) in [5.41, 5.74) is 7.08. The summed E-state index contributed by atoms with van der Waals surface area (Å²) in [6.45, 7) is 0.523. The second kappa shape index (κ2) is 3.23. The number of aromatic hydroxyl groups is 1. The van der Waals surface area contributed by atoms with Gasteiger partial charge in [-0.05, 0) is 36.7 Å². The Hall–Kier alpha value is -1.68. The molecule has 1 aromatic carbocycles. The van der Waals surface area contributed by atoms with Gasteiger partial charge in [-0.1, -0.05) is 0 Å². The van der Waals surface area contributed by atoms with Crippen LogP contribution in [0.3, 0.4) is 0 Å². The van der Waals surface area contributed by atoms with Gasteiger partial charge in [-0.15, -0.1) is 0 Å². The summed E-state index contributed by atoms with van der Waals surface area (Å²) in [6, 6.07) is 4.85. The maximum atomic E-state index is 9.50. The fourth-order valence-electron chi connectivity index (χ4n) is 1.62. The second-order valence-corrected chi connectivity index (χ2v) is 3.24. The smallest absolute Gasteiger partial charge is 0.116 e. The number of phenolic OH excluding ortho intramolecular Hbond substituents is 1. The van der Waals surface area contributed by atoms with Gasteiger partial charge in [0.15, 0.2) is 0 Å². The van der Waals surface area contributed by atoms with E-state index in [2.05, 4.69) is 0 Å². The minimum Gasteiger partial charge on any atom is -0.508 e. The van der Waals surface area contributed by atoms with E-state index in [1.165, 1.54) is 0 Å². The summed E-state index contributed by atoms with van der Waals surface area (Å²) in [5, 5.41) is 19.7. The molecule has 0 aliphatic carbocycles. The topological polar surface area (TPSA) is 71.4 Å². The number of nitrogens with two attached hydrogens (primary N) is 1. The van der Waals surface area contributed by atoms with Crippen molar-refractivity contribution in [2.75, 3.05) is 6.54 Å². The molecule has 2 rings (SSSR count). The van der Waals surface area contributed by atoms with Gasteiger partial charge in [0.25, 0.3) is 0 Å². The van der Waals surface area contributed by atoms with Gasteiger partial charge in [0.2, 0.25) is 0 Å². The molecule has 1 heterocycles. The maximum absolute atomic E-state index is 9.50. The molecule has 0 amide bonds. The molecule has 0 unspecified atom stereocenters. The number of benzene rings is 1. The molecule has 0 saturated heterocycles. The molecule has 4 N–H and O–H groups in total. The Morgan fingerprint density at radius 1 is 1.36 bits per heavy atom. The fourth-order valence-corrected chi connectivity index (χ4v) is 1.62. The third kappa shape index (κ3) is 1.29. The van der Waals surface area contributed by atoms with Crippen molar-refractivity contribution in [3.05, 3.63) is 30.0 Å². The molecule has 0 atom stereocenters. The summed E-state index contributed by atoms with van der Waals surface area (Å²) in [7, 11) is 0. The van der Waals surface area contributed by atoms with Crippen LogP contribution in [-0.2, 0) is 6.42 Å². The first-order valence-electron chi connectivity index (χ1n) is 4.44. The third-order valence-corrected chi connectivity index (χ3v) is 2.26. The maximum Gasteiger partial charge on any atom is 0.116 e. The average molecular weight is 192 g/mol. The molecule has 74 valence electrons. The van der Waals surface area contributed by atoms with E-state index in [4.69, 9.17) is 5.73 Å². The van der Waals surface area contributed by atoms with Gasteiger partial charge in [-0.3, -0.25) is 0 Å². The highest BCUT2D eigenvalue weighted by Crippen LogP contribution is 2.24. The third-order valence-electron chi connectivity index (χ3n) is 2.26. The summed E-state index contributed by atoms with van der Waals surface area (Å²) < 4.78 is 1.06. The lowest BCUT2D eigenvalue weighted by atomic mass is 10.1.